The van der Waals surface area contributed by atoms with Crippen molar-refractivity contribution in [3.8, 4) is 0 Å². The van der Waals surface area contributed by atoms with E-state index in [1.807, 2.05) is 0 Å². The lowest BCUT2D eigenvalue weighted by Gasteiger charge is -2.01. The molecule has 70 valence electrons. The number of unbranched alkanes of at least 4 members (excludes halogenated alkanes) is 1. The third-order valence-electron chi connectivity index (χ3n) is 1.23. The highest BCUT2D eigenvalue weighted by molar-refractivity contribution is 9.49. The number of ether oxygens (including phenoxy) is 1. The monoisotopic (exact) mass is 314 g/mol. The highest BCUT2D eigenvalue weighted by Crippen LogP contribution is 2.12. The van der Waals surface area contributed by atoms with Crippen LogP contribution < -0.4 is 0 Å². The molecule has 0 aliphatic carbocycles. The van der Waals surface area contributed by atoms with Crippen LogP contribution in [0.5, 0.6) is 0 Å². The molecule has 0 heterocycles. The zero-order valence-electron chi connectivity index (χ0n) is 6.76. The number of carbonyl (C=O) groups excluding carboxylic acids is 1. The van der Waals surface area contributed by atoms with E-state index < -0.39 is 6.04 Å². The first-order chi connectivity index (χ1) is 5.66. The quantitative estimate of drug-likeness (QED) is 0.247. The van der Waals surface area contributed by atoms with Crippen LogP contribution in [0.1, 0.15) is 12.8 Å². The van der Waals surface area contributed by atoms with Crippen LogP contribution >= 0.6 is 30.6 Å². The SMILES string of the molecule is C=CC(=O)OCCCC[SiH](Br)Br. The Hall–Kier alpha value is 0.387. The molecule has 0 amide bonds. The molecule has 0 aromatic heterocycles. The van der Waals surface area contributed by atoms with Gasteiger partial charge in [0.05, 0.1) is 6.61 Å². The van der Waals surface area contributed by atoms with Gasteiger partial charge in [-0.25, -0.2) is 4.79 Å². The van der Waals surface area contributed by atoms with Crippen LogP contribution in [0, 0.1) is 0 Å². The Kier molecular flexibility index (Phi) is 8.26. The van der Waals surface area contributed by atoms with E-state index in [0.717, 1.165) is 12.8 Å². The van der Waals surface area contributed by atoms with Crippen LogP contribution in [-0.4, -0.2) is 18.6 Å². The summed E-state index contributed by atoms with van der Waals surface area (Å²) in [6.45, 7) is 3.81. The van der Waals surface area contributed by atoms with E-state index in [-0.39, 0.29) is 5.97 Å². The summed E-state index contributed by atoms with van der Waals surface area (Å²) in [7, 11) is 0. The van der Waals surface area contributed by atoms with Gasteiger partial charge in [0.2, 0.25) is 0 Å². The van der Waals surface area contributed by atoms with Crippen LogP contribution in [0.4, 0.5) is 0 Å². The molecular formula is C7H12Br2O2Si. The van der Waals surface area contributed by atoms with E-state index in [0.29, 0.717) is 6.61 Å². The molecule has 0 N–H and O–H groups in total. The van der Waals surface area contributed by atoms with Crippen molar-refractivity contribution in [2.45, 2.75) is 18.9 Å². The van der Waals surface area contributed by atoms with Gasteiger partial charge in [-0.2, -0.15) is 0 Å². The number of hydrogen-bond donors (Lipinski definition) is 0. The molecule has 2 nitrogen and oxygen atoms in total. The second-order valence-electron chi connectivity index (χ2n) is 2.26. The highest BCUT2D eigenvalue weighted by Gasteiger charge is 2.00. The highest BCUT2D eigenvalue weighted by atomic mass is 79.9. The van der Waals surface area contributed by atoms with E-state index in [1.165, 1.54) is 12.1 Å². The molecule has 5 heteroatoms. The zero-order chi connectivity index (χ0) is 9.40. The average Bonchev–Trinajstić information content (AvgIpc) is 2.03. The number of halogens is 2. The summed E-state index contributed by atoms with van der Waals surface area (Å²) in [6.07, 6.45) is 3.21. The van der Waals surface area contributed by atoms with Gasteiger partial charge in [0.15, 0.2) is 6.04 Å². The average molecular weight is 316 g/mol. The summed E-state index contributed by atoms with van der Waals surface area (Å²) in [4.78, 5) is 10.6. The van der Waals surface area contributed by atoms with Crippen molar-refractivity contribution in [1.29, 1.82) is 0 Å². The van der Waals surface area contributed by atoms with Crippen molar-refractivity contribution < 1.29 is 9.53 Å². The van der Waals surface area contributed by atoms with Crippen LogP contribution in [0.25, 0.3) is 0 Å². The van der Waals surface area contributed by atoms with Gasteiger partial charge in [-0.1, -0.05) is 13.0 Å². The lowest BCUT2D eigenvalue weighted by molar-refractivity contribution is -0.137. The zero-order valence-corrected chi connectivity index (χ0v) is 11.1. The number of carbonyl (C=O) groups is 1. The lowest BCUT2D eigenvalue weighted by atomic mass is 10.4. The van der Waals surface area contributed by atoms with Crippen LogP contribution in [-0.2, 0) is 9.53 Å². The van der Waals surface area contributed by atoms with Crippen molar-refractivity contribution in [3.05, 3.63) is 12.7 Å². The molecule has 0 aliphatic rings. The Morgan fingerprint density at radius 2 is 2.17 bits per heavy atom. The van der Waals surface area contributed by atoms with Crippen molar-refractivity contribution in [2.75, 3.05) is 6.61 Å². The molecule has 0 rings (SSSR count). The Morgan fingerprint density at radius 1 is 1.50 bits per heavy atom. The summed E-state index contributed by atoms with van der Waals surface area (Å²) in [5.41, 5.74) is 0. The second-order valence-corrected chi connectivity index (χ2v) is 13.9. The van der Waals surface area contributed by atoms with Crippen LogP contribution in [0.15, 0.2) is 12.7 Å². The third kappa shape index (κ3) is 8.48. The van der Waals surface area contributed by atoms with Gasteiger partial charge in [0.25, 0.3) is 0 Å². The Morgan fingerprint density at radius 3 is 2.67 bits per heavy atom. The number of rotatable bonds is 6. The molecule has 0 radical (unpaired) electrons. The standard InChI is InChI=1S/C7H12Br2O2Si/c1-2-7(10)11-5-3-4-6-12(8)9/h2,12H,1,3-6H2. The summed E-state index contributed by atoms with van der Waals surface area (Å²) < 4.78 is 4.80. The van der Waals surface area contributed by atoms with E-state index in [2.05, 4.69) is 37.2 Å². The Labute approximate surface area is 90.1 Å². The third-order valence-corrected chi connectivity index (χ3v) is 4.82. The van der Waals surface area contributed by atoms with Gasteiger partial charge in [-0.05, 0) is 12.5 Å². The van der Waals surface area contributed by atoms with Crippen molar-refractivity contribution in [2.24, 2.45) is 0 Å². The van der Waals surface area contributed by atoms with Gasteiger partial charge in [-0.15, -0.1) is 30.6 Å². The molecule has 0 bridgehead atoms. The summed E-state index contributed by atoms with van der Waals surface area (Å²) >= 11 is 7.00. The maximum Gasteiger partial charge on any atom is 0.330 e. The molecular weight excluding hydrogens is 304 g/mol. The van der Waals surface area contributed by atoms with Gasteiger partial charge in [0.1, 0.15) is 0 Å². The van der Waals surface area contributed by atoms with Crippen molar-refractivity contribution in [3.63, 3.8) is 0 Å². The van der Waals surface area contributed by atoms with Gasteiger partial charge >= 0.3 is 5.97 Å². The van der Waals surface area contributed by atoms with E-state index in [9.17, 15) is 4.79 Å². The van der Waals surface area contributed by atoms with E-state index in [4.69, 9.17) is 4.74 Å². The molecule has 0 spiro atoms. The second kappa shape index (κ2) is 8.01. The first-order valence-corrected chi connectivity index (χ1v) is 10.9. The molecule has 0 saturated carbocycles. The maximum absolute atomic E-state index is 10.6. The predicted octanol–water partition coefficient (Wildman–Crippen LogP) is 2.51. The van der Waals surface area contributed by atoms with Crippen molar-refractivity contribution in [1.82, 2.24) is 0 Å². The van der Waals surface area contributed by atoms with Gasteiger partial charge < -0.3 is 4.74 Å². The maximum atomic E-state index is 10.6. The molecule has 0 aromatic carbocycles. The minimum atomic E-state index is -0.781. The fourth-order valence-corrected chi connectivity index (χ4v) is 3.17. The Bertz CT molecular complexity index is 150. The molecule has 0 unspecified atom stereocenters. The molecule has 0 saturated heterocycles. The van der Waals surface area contributed by atoms with Gasteiger partial charge in [0, 0.05) is 6.08 Å². The Balaban J connectivity index is 3.11. The number of hydrogen-bond acceptors (Lipinski definition) is 2. The topological polar surface area (TPSA) is 26.3 Å². The smallest absolute Gasteiger partial charge is 0.330 e. The normalized spacial score (nSPS) is 9.92. The van der Waals surface area contributed by atoms with Crippen molar-refractivity contribution >= 4 is 42.6 Å². The van der Waals surface area contributed by atoms with E-state index >= 15 is 0 Å². The fraction of sp³-hybridized carbons (Fsp3) is 0.571. The minimum absolute atomic E-state index is 0.332. The van der Waals surface area contributed by atoms with E-state index in [1.54, 1.807) is 0 Å². The molecule has 0 fully saturated rings. The largest absolute Gasteiger partial charge is 0.463 e. The number of esters is 1. The minimum Gasteiger partial charge on any atom is -0.463 e. The molecule has 0 aromatic rings. The lowest BCUT2D eigenvalue weighted by Crippen LogP contribution is -2.02. The molecule has 0 atom stereocenters. The first-order valence-electron chi connectivity index (χ1n) is 3.74. The summed E-state index contributed by atoms with van der Waals surface area (Å²) in [5.74, 6) is -0.332. The summed E-state index contributed by atoms with van der Waals surface area (Å²) in [6, 6.07) is 0.392. The van der Waals surface area contributed by atoms with Crippen LogP contribution in [0.2, 0.25) is 6.04 Å². The summed E-state index contributed by atoms with van der Waals surface area (Å²) in [5, 5.41) is 0. The predicted molar refractivity (Wildman–Crippen MR) is 60.2 cm³/mol. The van der Waals surface area contributed by atoms with Crippen LogP contribution in [0.3, 0.4) is 0 Å². The first kappa shape index (κ1) is 12.4. The van der Waals surface area contributed by atoms with Gasteiger partial charge in [-0.3, -0.25) is 0 Å². The molecule has 0 aliphatic heterocycles. The molecule has 12 heavy (non-hydrogen) atoms. The fourth-order valence-electron chi connectivity index (χ4n) is 0.632.